The lowest BCUT2D eigenvalue weighted by atomic mass is 10.1. The summed E-state index contributed by atoms with van der Waals surface area (Å²) in [5.74, 6) is -0.592. The number of benzene rings is 1. The molecule has 0 amide bonds. The number of carbonyl (C=O) groups is 2. The largest absolute Gasteiger partial charge is 0.505 e. The molecule has 1 saturated heterocycles. The highest BCUT2D eigenvalue weighted by atomic mass is 31.2. The van der Waals surface area contributed by atoms with Crippen LogP contribution in [0.4, 0.5) is 0 Å². The van der Waals surface area contributed by atoms with Crippen LogP contribution in [0.3, 0.4) is 0 Å². The van der Waals surface area contributed by atoms with E-state index < -0.39 is 19.8 Å². The Labute approximate surface area is 198 Å². The SMILES string of the molecule is Cc1ncc(CO[P@@](=O)(N[C@@H](C)C(=O)OC2CCN(C)CC2)Oc2ccccc2)c(C=O)c1O. The van der Waals surface area contributed by atoms with E-state index in [-0.39, 0.29) is 41.0 Å². The van der Waals surface area contributed by atoms with Crippen molar-refractivity contribution in [3.63, 3.8) is 0 Å². The van der Waals surface area contributed by atoms with E-state index in [1.165, 1.54) is 13.1 Å². The van der Waals surface area contributed by atoms with Crippen molar-refractivity contribution in [3.8, 4) is 11.5 Å². The Morgan fingerprint density at radius 2 is 2.00 bits per heavy atom. The summed E-state index contributed by atoms with van der Waals surface area (Å²) in [6, 6.07) is 7.35. The van der Waals surface area contributed by atoms with Crippen LogP contribution in [0.2, 0.25) is 0 Å². The molecule has 0 saturated carbocycles. The van der Waals surface area contributed by atoms with Crippen molar-refractivity contribution in [3.05, 3.63) is 53.3 Å². The number of aromatic hydroxyl groups is 1. The Morgan fingerprint density at radius 3 is 2.65 bits per heavy atom. The number of nitrogens with zero attached hydrogens (tertiary/aromatic N) is 2. The number of nitrogens with one attached hydrogen (secondary N) is 1. The van der Waals surface area contributed by atoms with Crippen molar-refractivity contribution in [1.82, 2.24) is 15.0 Å². The number of piperidine rings is 1. The summed E-state index contributed by atoms with van der Waals surface area (Å²) in [6.07, 6.45) is 3.06. The van der Waals surface area contributed by atoms with Crippen molar-refractivity contribution < 1.29 is 33.0 Å². The van der Waals surface area contributed by atoms with E-state index in [9.17, 15) is 19.3 Å². The highest BCUT2D eigenvalue weighted by Crippen LogP contribution is 2.46. The maximum atomic E-state index is 13.6. The molecule has 1 aromatic carbocycles. The van der Waals surface area contributed by atoms with E-state index in [0.29, 0.717) is 6.29 Å². The van der Waals surface area contributed by atoms with Gasteiger partial charge in [0.2, 0.25) is 0 Å². The number of aromatic nitrogens is 1. The van der Waals surface area contributed by atoms with E-state index in [2.05, 4.69) is 15.0 Å². The Morgan fingerprint density at radius 1 is 1.32 bits per heavy atom. The lowest BCUT2D eigenvalue weighted by Gasteiger charge is -2.30. The van der Waals surface area contributed by atoms with Gasteiger partial charge in [-0.05, 0) is 45.9 Å². The number of pyridine rings is 1. The Bertz CT molecular complexity index is 1040. The fourth-order valence-electron chi connectivity index (χ4n) is 3.42. The normalized spacial score (nSPS) is 17.5. The van der Waals surface area contributed by atoms with Gasteiger partial charge < -0.3 is 19.3 Å². The Balaban J connectivity index is 1.73. The number of para-hydroxylation sites is 1. The first kappa shape index (κ1) is 25.8. The molecule has 11 heteroatoms. The number of carbonyl (C=O) groups excluding carboxylic acids is 2. The third-order valence-electron chi connectivity index (χ3n) is 5.49. The summed E-state index contributed by atoms with van der Waals surface area (Å²) in [4.78, 5) is 30.3. The maximum Gasteiger partial charge on any atom is 0.459 e. The van der Waals surface area contributed by atoms with E-state index in [1.807, 2.05) is 7.05 Å². The first-order chi connectivity index (χ1) is 16.2. The Hall–Kier alpha value is -2.78. The minimum Gasteiger partial charge on any atom is -0.505 e. The molecular formula is C23H30N3O7P. The van der Waals surface area contributed by atoms with Gasteiger partial charge in [0, 0.05) is 24.8 Å². The molecule has 0 radical (unpaired) electrons. The predicted molar refractivity (Wildman–Crippen MR) is 125 cm³/mol. The smallest absolute Gasteiger partial charge is 0.459 e. The van der Waals surface area contributed by atoms with Crippen LogP contribution in [-0.4, -0.2) is 59.5 Å². The third kappa shape index (κ3) is 6.87. The molecule has 0 spiro atoms. The quantitative estimate of drug-likeness (QED) is 0.290. The van der Waals surface area contributed by atoms with Gasteiger partial charge in [-0.3, -0.25) is 19.1 Å². The Kier molecular flexibility index (Phi) is 8.79. The van der Waals surface area contributed by atoms with Crippen molar-refractivity contribution in [1.29, 1.82) is 0 Å². The maximum absolute atomic E-state index is 13.6. The summed E-state index contributed by atoms with van der Waals surface area (Å²) < 4.78 is 30.4. The number of aldehydes is 1. The number of hydrogen-bond acceptors (Lipinski definition) is 9. The zero-order chi connectivity index (χ0) is 24.7. The average Bonchev–Trinajstić information content (AvgIpc) is 2.82. The van der Waals surface area contributed by atoms with Crippen LogP contribution in [-0.2, 0) is 25.2 Å². The fourth-order valence-corrected chi connectivity index (χ4v) is 4.89. The molecule has 2 heterocycles. The predicted octanol–water partition coefficient (Wildman–Crippen LogP) is 3.23. The number of hydrogen-bond donors (Lipinski definition) is 2. The van der Waals surface area contributed by atoms with Crippen LogP contribution in [0.5, 0.6) is 11.5 Å². The second-order valence-corrected chi connectivity index (χ2v) is 9.91. The van der Waals surface area contributed by atoms with Gasteiger partial charge in [-0.15, -0.1) is 0 Å². The molecule has 0 bridgehead atoms. The van der Waals surface area contributed by atoms with E-state index in [0.717, 1.165) is 25.9 Å². The van der Waals surface area contributed by atoms with Gasteiger partial charge in [0.05, 0.1) is 17.9 Å². The molecule has 2 atom stereocenters. The molecule has 1 fully saturated rings. The molecule has 184 valence electrons. The summed E-state index contributed by atoms with van der Waals surface area (Å²) in [5, 5.41) is 12.7. The highest BCUT2D eigenvalue weighted by molar-refractivity contribution is 7.52. The standard InChI is InChI=1S/C23H30N3O7P/c1-16-22(28)21(14-27)18(13-24-16)15-31-34(30,33-20-7-5-4-6-8-20)25-17(2)23(29)32-19-9-11-26(3)12-10-19/h4-8,13-14,17,19,28H,9-12,15H2,1-3H3,(H,25,30)/t17-,34-/m0/s1. The topological polar surface area (TPSA) is 127 Å². The molecule has 1 aliphatic heterocycles. The monoisotopic (exact) mass is 491 g/mol. The van der Waals surface area contributed by atoms with Gasteiger partial charge in [0.1, 0.15) is 23.6 Å². The van der Waals surface area contributed by atoms with Gasteiger partial charge in [0.15, 0.2) is 6.29 Å². The zero-order valence-electron chi connectivity index (χ0n) is 19.5. The average molecular weight is 491 g/mol. The lowest BCUT2D eigenvalue weighted by Crippen LogP contribution is -2.40. The van der Waals surface area contributed by atoms with Crippen LogP contribution >= 0.6 is 7.75 Å². The minimum atomic E-state index is -4.12. The van der Waals surface area contributed by atoms with Crippen LogP contribution < -0.4 is 9.61 Å². The number of likely N-dealkylation sites (tertiary alicyclic amines) is 1. The highest BCUT2D eigenvalue weighted by Gasteiger charge is 2.34. The lowest BCUT2D eigenvalue weighted by molar-refractivity contribution is -0.152. The second kappa shape index (κ2) is 11.6. The molecule has 1 aromatic heterocycles. The summed E-state index contributed by atoms with van der Waals surface area (Å²) in [7, 11) is -2.11. The summed E-state index contributed by atoms with van der Waals surface area (Å²) >= 11 is 0. The van der Waals surface area contributed by atoms with Gasteiger partial charge in [0.25, 0.3) is 0 Å². The number of ether oxygens (including phenoxy) is 1. The van der Waals surface area contributed by atoms with Crippen LogP contribution in [0.25, 0.3) is 0 Å². The molecule has 0 unspecified atom stereocenters. The van der Waals surface area contributed by atoms with Gasteiger partial charge in [-0.25, -0.2) is 4.57 Å². The number of aryl methyl sites for hydroxylation is 1. The van der Waals surface area contributed by atoms with Crippen molar-refractivity contribution >= 4 is 20.0 Å². The van der Waals surface area contributed by atoms with Gasteiger partial charge in [-0.2, -0.15) is 5.09 Å². The van der Waals surface area contributed by atoms with Crippen molar-refractivity contribution in [2.24, 2.45) is 0 Å². The summed E-state index contributed by atoms with van der Waals surface area (Å²) in [5.41, 5.74) is 0.477. The van der Waals surface area contributed by atoms with Crippen LogP contribution in [0.15, 0.2) is 36.5 Å². The molecule has 2 aromatic rings. The van der Waals surface area contributed by atoms with E-state index in [1.54, 1.807) is 37.3 Å². The molecule has 10 nitrogen and oxygen atoms in total. The fraction of sp³-hybridized carbons (Fsp3) is 0.435. The van der Waals surface area contributed by atoms with E-state index in [4.69, 9.17) is 13.8 Å². The van der Waals surface area contributed by atoms with Gasteiger partial charge in [-0.1, -0.05) is 18.2 Å². The summed E-state index contributed by atoms with van der Waals surface area (Å²) in [6.45, 7) is 4.36. The molecular weight excluding hydrogens is 461 g/mol. The van der Waals surface area contributed by atoms with E-state index >= 15 is 0 Å². The second-order valence-electron chi connectivity index (χ2n) is 8.21. The van der Waals surface area contributed by atoms with Crippen LogP contribution in [0.1, 0.15) is 41.4 Å². The molecule has 2 N–H and O–H groups in total. The molecule has 0 aliphatic carbocycles. The van der Waals surface area contributed by atoms with Gasteiger partial charge >= 0.3 is 13.7 Å². The molecule has 34 heavy (non-hydrogen) atoms. The first-order valence-electron chi connectivity index (χ1n) is 11.0. The van der Waals surface area contributed by atoms with Crippen molar-refractivity contribution in [2.45, 2.75) is 45.4 Å². The van der Waals surface area contributed by atoms with Crippen molar-refractivity contribution in [2.75, 3.05) is 20.1 Å². The molecule has 1 aliphatic rings. The zero-order valence-corrected chi connectivity index (χ0v) is 20.4. The number of rotatable bonds is 10. The number of esters is 1. The molecule has 3 rings (SSSR count). The third-order valence-corrected chi connectivity index (χ3v) is 7.11. The minimum absolute atomic E-state index is 0.0199. The van der Waals surface area contributed by atoms with Crippen LogP contribution in [0, 0.1) is 6.92 Å². The first-order valence-corrected chi connectivity index (χ1v) is 12.5.